The minimum absolute atomic E-state index is 0.147. The van der Waals surface area contributed by atoms with E-state index in [1.54, 1.807) is 23.5 Å². The SMILES string of the molecule is COCCOc1cc(F)c2c(Nc3ccc(NC(=O)CC(=O)NCC(F)(F)F)cc3)ncnc2c1. The number of alkyl halides is 3. The second-order valence-electron chi connectivity index (χ2n) is 7.18. The second kappa shape index (κ2) is 11.4. The predicted octanol–water partition coefficient (Wildman–Crippen LogP) is 3.54. The summed E-state index contributed by atoms with van der Waals surface area (Å²) in [6.07, 6.45) is -4.06. The van der Waals surface area contributed by atoms with Crippen LogP contribution < -0.4 is 20.7 Å². The Bertz CT molecular complexity index is 1190. The number of rotatable bonds is 10. The molecule has 35 heavy (non-hydrogen) atoms. The number of hydrogen-bond donors (Lipinski definition) is 3. The van der Waals surface area contributed by atoms with Crippen LogP contribution in [0.5, 0.6) is 5.75 Å². The summed E-state index contributed by atoms with van der Waals surface area (Å²) >= 11 is 0. The highest BCUT2D eigenvalue weighted by atomic mass is 19.4. The van der Waals surface area contributed by atoms with Crippen LogP contribution in [0.2, 0.25) is 0 Å². The predicted molar refractivity (Wildman–Crippen MR) is 119 cm³/mol. The Morgan fingerprint density at radius 3 is 2.40 bits per heavy atom. The van der Waals surface area contributed by atoms with E-state index >= 15 is 0 Å². The van der Waals surface area contributed by atoms with Crippen LogP contribution in [0.15, 0.2) is 42.7 Å². The number of benzene rings is 2. The third kappa shape index (κ3) is 7.78. The first-order valence-corrected chi connectivity index (χ1v) is 10.2. The quantitative estimate of drug-likeness (QED) is 0.224. The van der Waals surface area contributed by atoms with Crippen molar-refractivity contribution in [1.82, 2.24) is 15.3 Å². The van der Waals surface area contributed by atoms with Gasteiger partial charge in [-0.15, -0.1) is 0 Å². The van der Waals surface area contributed by atoms with Crippen LogP contribution in [0.25, 0.3) is 10.9 Å². The van der Waals surface area contributed by atoms with Crippen LogP contribution in [0.4, 0.5) is 34.8 Å². The zero-order valence-corrected chi connectivity index (χ0v) is 18.4. The Labute approximate surface area is 196 Å². The van der Waals surface area contributed by atoms with Crippen LogP contribution in [0, 0.1) is 5.82 Å². The Balaban J connectivity index is 1.63. The van der Waals surface area contributed by atoms with Gasteiger partial charge in [0.05, 0.1) is 17.5 Å². The number of fused-ring (bicyclic) bond motifs is 1. The van der Waals surface area contributed by atoms with Gasteiger partial charge in [-0.25, -0.2) is 14.4 Å². The van der Waals surface area contributed by atoms with Crippen molar-refractivity contribution in [3.63, 3.8) is 0 Å². The largest absolute Gasteiger partial charge is 0.491 e. The topological polar surface area (TPSA) is 114 Å². The van der Waals surface area contributed by atoms with Gasteiger partial charge < -0.3 is 25.4 Å². The summed E-state index contributed by atoms with van der Waals surface area (Å²) in [5.41, 5.74) is 1.13. The van der Waals surface area contributed by atoms with E-state index in [1.165, 1.54) is 31.6 Å². The van der Waals surface area contributed by atoms with E-state index in [4.69, 9.17) is 9.47 Å². The van der Waals surface area contributed by atoms with Gasteiger partial charge in [-0.05, 0) is 24.3 Å². The maximum atomic E-state index is 14.8. The van der Waals surface area contributed by atoms with Crippen molar-refractivity contribution in [2.45, 2.75) is 12.6 Å². The Hall–Kier alpha value is -4.00. The van der Waals surface area contributed by atoms with E-state index in [0.29, 0.717) is 29.2 Å². The molecule has 0 atom stereocenters. The van der Waals surface area contributed by atoms with E-state index in [2.05, 4.69) is 20.6 Å². The Morgan fingerprint density at radius 1 is 1.00 bits per heavy atom. The summed E-state index contributed by atoms with van der Waals surface area (Å²) in [6.45, 7) is -0.920. The lowest BCUT2D eigenvalue weighted by atomic mass is 10.2. The number of ether oxygens (including phenoxy) is 2. The summed E-state index contributed by atoms with van der Waals surface area (Å²) in [5, 5.41) is 7.14. The van der Waals surface area contributed by atoms with Gasteiger partial charge in [-0.3, -0.25) is 9.59 Å². The van der Waals surface area contributed by atoms with Gasteiger partial charge in [-0.1, -0.05) is 0 Å². The first-order valence-electron chi connectivity index (χ1n) is 10.2. The van der Waals surface area contributed by atoms with Gasteiger partial charge in [0, 0.05) is 30.6 Å². The number of amides is 2. The molecule has 1 aromatic heterocycles. The standard InChI is InChI=1S/C22H21F4N5O4/c1-34-6-7-35-15-8-16(23)20-17(9-15)28-12-29-21(20)31-14-4-2-13(3-5-14)30-19(33)10-18(32)27-11-22(24,25)26/h2-5,8-9,12H,6-7,10-11H2,1H3,(H,27,32)(H,30,33)(H,28,29,31). The van der Waals surface area contributed by atoms with E-state index in [1.807, 2.05) is 0 Å². The van der Waals surface area contributed by atoms with Crippen LogP contribution in [-0.4, -0.2) is 54.8 Å². The number of carbonyl (C=O) groups excluding carboxylic acids is 2. The summed E-state index contributed by atoms with van der Waals surface area (Å²) in [5.74, 6) is -1.93. The molecule has 0 saturated heterocycles. The van der Waals surface area contributed by atoms with Crippen molar-refractivity contribution in [3.8, 4) is 5.75 Å². The van der Waals surface area contributed by atoms with Crippen LogP contribution in [0.3, 0.4) is 0 Å². The molecule has 9 nitrogen and oxygen atoms in total. The highest BCUT2D eigenvalue weighted by Gasteiger charge is 2.28. The molecule has 0 bridgehead atoms. The maximum Gasteiger partial charge on any atom is 0.405 e. The lowest BCUT2D eigenvalue weighted by Gasteiger charge is -2.12. The molecule has 0 fully saturated rings. The first-order chi connectivity index (χ1) is 16.6. The zero-order chi connectivity index (χ0) is 25.4. The number of aromatic nitrogens is 2. The van der Waals surface area contributed by atoms with Gasteiger partial charge in [0.25, 0.3) is 0 Å². The smallest absolute Gasteiger partial charge is 0.405 e. The molecule has 1 heterocycles. The molecule has 0 spiro atoms. The summed E-state index contributed by atoms with van der Waals surface area (Å²) in [7, 11) is 1.53. The fraction of sp³-hybridized carbons (Fsp3) is 0.273. The van der Waals surface area contributed by atoms with Crippen LogP contribution in [-0.2, 0) is 14.3 Å². The van der Waals surface area contributed by atoms with Crippen molar-refractivity contribution in [2.75, 3.05) is 37.5 Å². The van der Waals surface area contributed by atoms with E-state index in [9.17, 15) is 27.2 Å². The minimum Gasteiger partial charge on any atom is -0.491 e. The van der Waals surface area contributed by atoms with Crippen molar-refractivity contribution in [1.29, 1.82) is 0 Å². The fourth-order valence-electron chi connectivity index (χ4n) is 2.92. The maximum absolute atomic E-state index is 14.8. The van der Waals surface area contributed by atoms with Crippen molar-refractivity contribution in [3.05, 3.63) is 48.5 Å². The number of carbonyl (C=O) groups is 2. The molecule has 2 aromatic carbocycles. The van der Waals surface area contributed by atoms with E-state index in [-0.39, 0.29) is 17.8 Å². The monoisotopic (exact) mass is 495 g/mol. The average molecular weight is 495 g/mol. The number of methoxy groups -OCH3 is 1. The van der Waals surface area contributed by atoms with Gasteiger partial charge in [0.2, 0.25) is 11.8 Å². The minimum atomic E-state index is -4.56. The van der Waals surface area contributed by atoms with Crippen molar-refractivity contribution in [2.24, 2.45) is 0 Å². The molecular weight excluding hydrogens is 474 g/mol. The third-order valence-electron chi connectivity index (χ3n) is 4.46. The molecule has 0 aliphatic carbocycles. The fourth-order valence-corrected chi connectivity index (χ4v) is 2.92. The number of nitrogens with zero attached hydrogens (tertiary/aromatic N) is 2. The lowest BCUT2D eigenvalue weighted by Crippen LogP contribution is -2.35. The number of halogens is 4. The summed E-state index contributed by atoms with van der Waals surface area (Å²) in [6, 6.07) is 8.91. The Kier molecular flexibility index (Phi) is 8.36. The molecule has 3 aromatic rings. The average Bonchev–Trinajstić information content (AvgIpc) is 2.79. The van der Waals surface area contributed by atoms with E-state index < -0.39 is 36.8 Å². The van der Waals surface area contributed by atoms with E-state index in [0.717, 1.165) is 0 Å². The Morgan fingerprint density at radius 2 is 1.71 bits per heavy atom. The van der Waals surface area contributed by atoms with Crippen molar-refractivity contribution >= 4 is 39.9 Å². The van der Waals surface area contributed by atoms with Gasteiger partial charge in [0.1, 0.15) is 43.3 Å². The third-order valence-corrected chi connectivity index (χ3v) is 4.46. The highest BCUT2D eigenvalue weighted by molar-refractivity contribution is 6.03. The molecule has 0 aliphatic rings. The number of hydrogen-bond acceptors (Lipinski definition) is 7. The summed E-state index contributed by atoms with van der Waals surface area (Å²) in [4.78, 5) is 31.5. The number of anilines is 3. The molecule has 3 N–H and O–H groups in total. The molecule has 3 rings (SSSR count). The second-order valence-corrected chi connectivity index (χ2v) is 7.18. The molecule has 0 saturated carbocycles. The molecule has 0 unspecified atom stereocenters. The molecule has 0 aliphatic heterocycles. The molecular formula is C22H21F4N5O4. The molecule has 13 heteroatoms. The van der Waals surface area contributed by atoms with Crippen molar-refractivity contribution < 1.29 is 36.6 Å². The van der Waals surface area contributed by atoms with Crippen LogP contribution >= 0.6 is 0 Å². The summed E-state index contributed by atoms with van der Waals surface area (Å²) < 4.78 is 61.5. The highest BCUT2D eigenvalue weighted by Crippen LogP contribution is 2.29. The van der Waals surface area contributed by atoms with Crippen LogP contribution in [0.1, 0.15) is 6.42 Å². The number of nitrogens with one attached hydrogen (secondary N) is 3. The first kappa shape index (κ1) is 25.6. The zero-order valence-electron chi connectivity index (χ0n) is 18.4. The molecule has 2 amide bonds. The lowest BCUT2D eigenvalue weighted by molar-refractivity contribution is -0.140. The van der Waals surface area contributed by atoms with Gasteiger partial charge in [-0.2, -0.15) is 13.2 Å². The van der Waals surface area contributed by atoms with Gasteiger partial charge in [0.15, 0.2) is 0 Å². The molecule has 0 radical (unpaired) electrons. The molecule has 186 valence electrons. The van der Waals surface area contributed by atoms with Gasteiger partial charge >= 0.3 is 6.18 Å². The normalized spacial score (nSPS) is 11.2.